The lowest BCUT2D eigenvalue weighted by molar-refractivity contribution is 0.0915. The van der Waals surface area contributed by atoms with Crippen LogP contribution in [-0.4, -0.2) is 36.9 Å². The Hall–Kier alpha value is -1.46. The van der Waals surface area contributed by atoms with Crippen molar-refractivity contribution in [3.8, 4) is 11.5 Å². The van der Waals surface area contributed by atoms with Gasteiger partial charge in [0.05, 0.1) is 5.02 Å². The molecule has 0 fully saturated rings. The molecule has 1 aliphatic rings. The van der Waals surface area contributed by atoms with Crippen molar-refractivity contribution in [3.63, 3.8) is 0 Å². The Morgan fingerprint density at radius 1 is 1.40 bits per heavy atom. The molecule has 0 saturated heterocycles. The number of rotatable bonds is 4. The zero-order valence-corrected chi connectivity index (χ0v) is 12.2. The number of hydrogen-bond donors (Lipinski definition) is 2. The number of hydrogen-bond acceptors (Lipinski definition) is 4. The molecule has 1 amide bonds. The number of aliphatic hydroxyl groups is 1. The monoisotopic (exact) mass is 299 g/mol. The zero-order valence-electron chi connectivity index (χ0n) is 11.5. The maximum absolute atomic E-state index is 12.2. The van der Waals surface area contributed by atoms with E-state index in [2.05, 4.69) is 5.32 Å². The van der Waals surface area contributed by atoms with Crippen molar-refractivity contribution in [2.75, 3.05) is 19.8 Å². The molecule has 1 aromatic carbocycles. The van der Waals surface area contributed by atoms with Gasteiger partial charge in [-0.1, -0.05) is 18.5 Å². The van der Waals surface area contributed by atoms with E-state index in [0.29, 0.717) is 35.3 Å². The van der Waals surface area contributed by atoms with Crippen LogP contribution in [0.5, 0.6) is 11.5 Å². The Bertz CT molecular complexity index is 506. The van der Waals surface area contributed by atoms with Crippen LogP contribution in [0.15, 0.2) is 12.1 Å². The summed E-state index contributed by atoms with van der Waals surface area (Å²) in [4.78, 5) is 12.2. The van der Waals surface area contributed by atoms with Gasteiger partial charge < -0.3 is 19.9 Å². The first kappa shape index (κ1) is 14.9. The summed E-state index contributed by atoms with van der Waals surface area (Å²) >= 11 is 6.09. The Kier molecular flexibility index (Phi) is 4.73. The predicted molar refractivity (Wildman–Crippen MR) is 75.6 cm³/mol. The van der Waals surface area contributed by atoms with Gasteiger partial charge in [0.15, 0.2) is 11.5 Å². The van der Waals surface area contributed by atoms with Crippen LogP contribution in [0.25, 0.3) is 0 Å². The average Bonchev–Trinajstić information content (AvgIpc) is 2.46. The van der Waals surface area contributed by atoms with Gasteiger partial charge in [-0.2, -0.15) is 0 Å². The first-order chi connectivity index (χ1) is 9.52. The molecular weight excluding hydrogens is 282 g/mol. The van der Waals surface area contributed by atoms with Crippen LogP contribution < -0.4 is 14.8 Å². The second kappa shape index (κ2) is 6.33. The highest BCUT2D eigenvalue weighted by Gasteiger charge is 2.21. The molecule has 2 atom stereocenters. The Morgan fingerprint density at radius 3 is 2.80 bits per heavy atom. The number of ether oxygens (including phenoxy) is 2. The van der Waals surface area contributed by atoms with E-state index in [0.717, 1.165) is 0 Å². The Labute approximate surface area is 122 Å². The van der Waals surface area contributed by atoms with E-state index in [1.54, 1.807) is 12.1 Å². The number of halogens is 1. The predicted octanol–water partition coefficient (Wildman–Crippen LogP) is 1.86. The second-order valence-electron chi connectivity index (χ2n) is 4.90. The third-order valence-electron chi connectivity index (χ3n) is 3.36. The van der Waals surface area contributed by atoms with Crippen LogP contribution in [0.2, 0.25) is 5.02 Å². The third-order valence-corrected chi connectivity index (χ3v) is 3.64. The molecule has 6 heteroatoms. The van der Waals surface area contributed by atoms with Gasteiger partial charge in [0, 0.05) is 18.2 Å². The fourth-order valence-corrected chi connectivity index (χ4v) is 2.10. The fourth-order valence-electron chi connectivity index (χ4n) is 1.83. The molecule has 2 rings (SSSR count). The van der Waals surface area contributed by atoms with Crippen LogP contribution in [0.3, 0.4) is 0 Å². The number of nitrogens with one attached hydrogen (secondary N) is 1. The average molecular weight is 300 g/mol. The lowest BCUT2D eigenvalue weighted by atomic mass is 10.0. The number of carbonyl (C=O) groups excluding carboxylic acids is 1. The number of fused-ring (bicyclic) bond motifs is 1. The molecule has 1 heterocycles. The first-order valence-corrected chi connectivity index (χ1v) is 6.91. The van der Waals surface area contributed by atoms with Crippen molar-refractivity contribution in [1.82, 2.24) is 5.32 Å². The van der Waals surface area contributed by atoms with Crippen molar-refractivity contribution in [2.45, 2.75) is 19.9 Å². The summed E-state index contributed by atoms with van der Waals surface area (Å²) in [6.45, 7) is 4.61. The van der Waals surface area contributed by atoms with Crippen molar-refractivity contribution in [3.05, 3.63) is 22.7 Å². The summed E-state index contributed by atoms with van der Waals surface area (Å²) in [5, 5.41) is 12.3. The lowest BCUT2D eigenvalue weighted by Gasteiger charge is -2.22. The van der Waals surface area contributed by atoms with Crippen molar-refractivity contribution < 1.29 is 19.4 Å². The summed E-state index contributed by atoms with van der Waals surface area (Å²) in [6.07, 6.45) is 0. The zero-order chi connectivity index (χ0) is 14.7. The molecule has 0 aromatic heterocycles. The maximum atomic E-state index is 12.2. The van der Waals surface area contributed by atoms with E-state index in [1.165, 1.54) is 0 Å². The quantitative estimate of drug-likeness (QED) is 0.890. The van der Waals surface area contributed by atoms with Crippen molar-refractivity contribution >= 4 is 17.5 Å². The molecule has 1 aromatic rings. The highest BCUT2D eigenvalue weighted by Crippen LogP contribution is 2.38. The maximum Gasteiger partial charge on any atom is 0.251 e. The van der Waals surface area contributed by atoms with Crippen LogP contribution in [0, 0.1) is 5.92 Å². The van der Waals surface area contributed by atoms with Gasteiger partial charge in [-0.25, -0.2) is 0 Å². The third kappa shape index (κ3) is 3.16. The molecule has 0 aliphatic carbocycles. The van der Waals surface area contributed by atoms with Gasteiger partial charge in [0.25, 0.3) is 5.91 Å². The van der Waals surface area contributed by atoms with Gasteiger partial charge in [-0.3, -0.25) is 4.79 Å². The minimum atomic E-state index is -0.253. The molecule has 110 valence electrons. The first-order valence-electron chi connectivity index (χ1n) is 6.53. The molecule has 2 N–H and O–H groups in total. The minimum absolute atomic E-state index is 0.0172. The summed E-state index contributed by atoms with van der Waals surface area (Å²) < 4.78 is 10.8. The van der Waals surface area contributed by atoms with Gasteiger partial charge in [-0.05, 0) is 25.0 Å². The fraction of sp³-hybridized carbons (Fsp3) is 0.500. The lowest BCUT2D eigenvalue weighted by Crippen LogP contribution is -2.38. The summed E-state index contributed by atoms with van der Waals surface area (Å²) in [6, 6.07) is 3.03. The largest absolute Gasteiger partial charge is 0.486 e. The highest BCUT2D eigenvalue weighted by molar-refractivity contribution is 6.32. The van der Waals surface area contributed by atoms with Gasteiger partial charge in [0.2, 0.25) is 0 Å². The topological polar surface area (TPSA) is 67.8 Å². The van der Waals surface area contributed by atoms with Crippen LogP contribution in [0.1, 0.15) is 24.2 Å². The molecule has 0 bridgehead atoms. The highest BCUT2D eigenvalue weighted by atomic mass is 35.5. The van der Waals surface area contributed by atoms with Crippen molar-refractivity contribution in [1.29, 1.82) is 0 Å². The molecular formula is C14H18ClNO4. The summed E-state index contributed by atoms with van der Waals surface area (Å²) in [5.74, 6) is 0.686. The van der Waals surface area contributed by atoms with E-state index in [-0.39, 0.29) is 24.5 Å². The van der Waals surface area contributed by atoms with E-state index < -0.39 is 0 Å². The summed E-state index contributed by atoms with van der Waals surface area (Å²) in [5.41, 5.74) is 0.413. The van der Waals surface area contributed by atoms with Crippen LogP contribution >= 0.6 is 11.6 Å². The number of carbonyl (C=O) groups is 1. The molecule has 1 aliphatic heterocycles. The molecule has 0 radical (unpaired) electrons. The van der Waals surface area contributed by atoms with E-state index in [1.807, 2.05) is 13.8 Å². The molecule has 20 heavy (non-hydrogen) atoms. The Balaban J connectivity index is 2.16. The SMILES string of the molecule is CC(CO)C(C)NC(=O)c1cc(Cl)c2c(c1)OCCO2. The molecule has 0 saturated carbocycles. The normalized spacial score (nSPS) is 16.4. The second-order valence-corrected chi connectivity index (χ2v) is 5.31. The standard InChI is InChI=1S/C14H18ClNO4/c1-8(7-17)9(2)16-14(18)10-5-11(15)13-12(6-10)19-3-4-20-13/h5-6,8-9,17H,3-4,7H2,1-2H3,(H,16,18). The van der Waals surface area contributed by atoms with Gasteiger partial charge in [0.1, 0.15) is 13.2 Å². The number of benzene rings is 1. The van der Waals surface area contributed by atoms with Crippen LogP contribution in [-0.2, 0) is 0 Å². The van der Waals surface area contributed by atoms with E-state index >= 15 is 0 Å². The van der Waals surface area contributed by atoms with Gasteiger partial charge in [-0.15, -0.1) is 0 Å². The Morgan fingerprint density at radius 2 is 2.10 bits per heavy atom. The number of aliphatic hydroxyl groups excluding tert-OH is 1. The molecule has 5 nitrogen and oxygen atoms in total. The smallest absolute Gasteiger partial charge is 0.251 e. The van der Waals surface area contributed by atoms with E-state index in [9.17, 15) is 4.79 Å². The summed E-state index contributed by atoms with van der Waals surface area (Å²) in [7, 11) is 0. The van der Waals surface area contributed by atoms with Gasteiger partial charge >= 0.3 is 0 Å². The molecule has 2 unspecified atom stereocenters. The van der Waals surface area contributed by atoms with Crippen molar-refractivity contribution in [2.24, 2.45) is 5.92 Å². The van der Waals surface area contributed by atoms with E-state index in [4.69, 9.17) is 26.2 Å². The van der Waals surface area contributed by atoms with Crippen LogP contribution in [0.4, 0.5) is 0 Å². The number of amides is 1. The minimum Gasteiger partial charge on any atom is -0.486 e. The molecule has 0 spiro atoms.